The van der Waals surface area contributed by atoms with Crippen molar-refractivity contribution in [2.75, 3.05) is 0 Å². The minimum Gasteiger partial charge on any atom is -0.261 e. The molecule has 0 spiro atoms. The molecule has 0 radical (unpaired) electrons. The van der Waals surface area contributed by atoms with Crippen molar-refractivity contribution in [3.05, 3.63) is 112 Å². The van der Waals surface area contributed by atoms with E-state index in [4.69, 9.17) is 0 Å². The molecule has 0 bridgehead atoms. The molecule has 4 rings (SSSR count). The predicted molar refractivity (Wildman–Crippen MR) is 128 cm³/mol. The van der Waals surface area contributed by atoms with Gasteiger partial charge >= 0.3 is 0 Å². The minimum atomic E-state index is -1.49. The lowest BCUT2D eigenvalue weighted by Crippen LogP contribution is -2.00. The van der Waals surface area contributed by atoms with Crippen molar-refractivity contribution in [3.63, 3.8) is 0 Å². The van der Waals surface area contributed by atoms with Gasteiger partial charge in [-0.15, -0.1) is 0 Å². The summed E-state index contributed by atoms with van der Waals surface area (Å²) in [6.07, 6.45) is 7.43. The van der Waals surface area contributed by atoms with Gasteiger partial charge in [-0.05, 0) is 84.4 Å². The molecule has 34 heavy (non-hydrogen) atoms. The Morgan fingerprint density at radius 3 is 2.09 bits per heavy atom. The molecule has 3 aromatic carbocycles. The van der Waals surface area contributed by atoms with E-state index in [1.165, 1.54) is 18.4 Å². The van der Waals surface area contributed by atoms with Crippen LogP contribution in [0.25, 0.3) is 10.8 Å². The zero-order valence-corrected chi connectivity index (χ0v) is 19.2. The summed E-state index contributed by atoms with van der Waals surface area (Å²) >= 11 is 0. The standard InChI is InChI=1S/C29H27F4N/c1-2-3-4-20-7-13-24(34-18-20)12-6-19-8-14-25-23(15-19)11-10-22(28(25)32)9-5-21-16-26(30)29(33)27(31)17-21/h7-8,10-11,13-18H,2-6,9,12H2,1H3. The van der Waals surface area contributed by atoms with Crippen molar-refractivity contribution in [2.24, 2.45) is 0 Å². The molecule has 1 aromatic heterocycles. The first-order valence-corrected chi connectivity index (χ1v) is 11.7. The maximum Gasteiger partial charge on any atom is 0.194 e. The smallest absolute Gasteiger partial charge is 0.194 e. The Hall–Kier alpha value is -3.21. The van der Waals surface area contributed by atoms with E-state index in [1.54, 1.807) is 12.1 Å². The number of benzene rings is 3. The molecule has 0 saturated heterocycles. The molecule has 0 fully saturated rings. The van der Waals surface area contributed by atoms with Crippen LogP contribution in [0.3, 0.4) is 0 Å². The van der Waals surface area contributed by atoms with Crippen LogP contribution in [0.4, 0.5) is 17.6 Å². The van der Waals surface area contributed by atoms with Gasteiger partial charge in [0.05, 0.1) is 0 Å². The molecule has 176 valence electrons. The molecule has 0 unspecified atom stereocenters. The summed E-state index contributed by atoms with van der Waals surface area (Å²) in [7, 11) is 0. The predicted octanol–water partition coefficient (Wildman–Crippen LogP) is 7.70. The summed E-state index contributed by atoms with van der Waals surface area (Å²) in [6, 6.07) is 15.4. The maximum atomic E-state index is 15.1. The van der Waals surface area contributed by atoms with Gasteiger partial charge in [-0.3, -0.25) is 4.98 Å². The minimum absolute atomic E-state index is 0.207. The zero-order chi connectivity index (χ0) is 24.1. The number of nitrogens with zero attached hydrogens (tertiary/aromatic N) is 1. The van der Waals surface area contributed by atoms with Crippen LogP contribution < -0.4 is 0 Å². The number of pyridine rings is 1. The average molecular weight is 466 g/mol. The van der Waals surface area contributed by atoms with Crippen LogP contribution in [0.2, 0.25) is 0 Å². The van der Waals surface area contributed by atoms with Gasteiger partial charge in [0.2, 0.25) is 0 Å². The molecule has 0 amide bonds. The highest BCUT2D eigenvalue weighted by Gasteiger charge is 2.13. The van der Waals surface area contributed by atoms with Crippen molar-refractivity contribution < 1.29 is 17.6 Å². The molecular formula is C29H27F4N. The summed E-state index contributed by atoms with van der Waals surface area (Å²) in [4.78, 5) is 4.57. The van der Waals surface area contributed by atoms with Crippen molar-refractivity contribution in [2.45, 2.75) is 51.9 Å². The number of aryl methyl sites for hydroxylation is 5. The highest BCUT2D eigenvalue weighted by atomic mass is 19.2. The zero-order valence-electron chi connectivity index (χ0n) is 19.2. The van der Waals surface area contributed by atoms with Gasteiger partial charge in [0.15, 0.2) is 17.5 Å². The second-order valence-corrected chi connectivity index (χ2v) is 8.73. The van der Waals surface area contributed by atoms with Crippen molar-refractivity contribution in [1.29, 1.82) is 0 Å². The topological polar surface area (TPSA) is 12.9 Å². The fraction of sp³-hybridized carbons (Fsp3) is 0.276. The quantitative estimate of drug-likeness (QED) is 0.182. The van der Waals surface area contributed by atoms with Crippen molar-refractivity contribution >= 4 is 10.8 Å². The molecule has 0 aliphatic carbocycles. The van der Waals surface area contributed by atoms with Crippen LogP contribution >= 0.6 is 0 Å². The number of hydrogen-bond acceptors (Lipinski definition) is 1. The SMILES string of the molecule is CCCCc1ccc(CCc2ccc3c(F)c(CCc4cc(F)c(F)c(F)c4)ccc3c2)nc1. The summed E-state index contributed by atoms with van der Waals surface area (Å²) < 4.78 is 55.1. The summed E-state index contributed by atoms with van der Waals surface area (Å²) in [5.41, 5.74) is 4.15. The van der Waals surface area contributed by atoms with Crippen LogP contribution in [0.5, 0.6) is 0 Å². The Kier molecular flexibility index (Phi) is 7.61. The Morgan fingerprint density at radius 2 is 1.38 bits per heavy atom. The van der Waals surface area contributed by atoms with Gasteiger partial charge in [0.25, 0.3) is 0 Å². The second kappa shape index (κ2) is 10.8. The van der Waals surface area contributed by atoms with Crippen LogP contribution in [0.1, 0.15) is 47.7 Å². The first-order chi connectivity index (χ1) is 16.4. The van der Waals surface area contributed by atoms with E-state index in [-0.39, 0.29) is 18.7 Å². The van der Waals surface area contributed by atoms with Crippen LogP contribution in [0.15, 0.2) is 60.8 Å². The van der Waals surface area contributed by atoms with Crippen LogP contribution in [-0.2, 0) is 32.1 Å². The molecule has 5 heteroatoms. The Morgan fingerprint density at radius 1 is 0.647 bits per heavy atom. The van der Waals surface area contributed by atoms with Crippen molar-refractivity contribution in [1.82, 2.24) is 4.98 Å². The van der Waals surface area contributed by atoms with Gasteiger partial charge in [-0.1, -0.05) is 49.7 Å². The molecule has 0 saturated carbocycles. The average Bonchev–Trinajstić information content (AvgIpc) is 2.85. The first kappa shape index (κ1) is 23.9. The fourth-order valence-corrected chi connectivity index (χ4v) is 4.17. The van der Waals surface area contributed by atoms with Gasteiger partial charge in [-0.25, -0.2) is 17.6 Å². The van der Waals surface area contributed by atoms with E-state index in [0.29, 0.717) is 16.5 Å². The van der Waals surface area contributed by atoms with Gasteiger partial charge in [-0.2, -0.15) is 0 Å². The van der Waals surface area contributed by atoms with E-state index in [9.17, 15) is 13.2 Å². The van der Waals surface area contributed by atoms with E-state index in [2.05, 4.69) is 24.0 Å². The Labute approximate surface area is 197 Å². The number of halogens is 4. The van der Waals surface area contributed by atoms with E-state index in [1.807, 2.05) is 24.4 Å². The highest BCUT2D eigenvalue weighted by Crippen LogP contribution is 2.25. The Balaban J connectivity index is 1.42. The van der Waals surface area contributed by atoms with Crippen LogP contribution in [-0.4, -0.2) is 4.98 Å². The van der Waals surface area contributed by atoms with E-state index >= 15 is 4.39 Å². The molecular weight excluding hydrogens is 438 g/mol. The largest absolute Gasteiger partial charge is 0.261 e. The highest BCUT2D eigenvalue weighted by molar-refractivity contribution is 5.84. The first-order valence-electron chi connectivity index (χ1n) is 11.7. The number of unbranched alkanes of at least 4 members (excludes halogenated alkanes) is 1. The van der Waals surface area contributed by atoms with E-state index < -0.39 is 17.5 Å². The van der Waals surface area contributed by atoms with E-state index in [0.717, 1.165) is 48.0 Å². The second-order valence-electron chi connectivity index (χ2n) is 8.73. The molecule has 1 heterocycles. The molecule has 0 aliphatic rings. The molecule has 4 aromatic rings. The normalized spacial score (nSPS) is 11.3. The van der Waals surface area contributed by atoms with Crippen molar-refractivity contribution in [3.8, 4) is 0 Å². The fourth-order valence-electron chi connectivity index (χ4n) is 4.17. The third-order valence-electron chi connectivity index (χ3n) is 6.20. The molecule has 1 nitrogen and oxygen atoms in total. The number of fused-ring (bicyclic) bond motifs is 1. The number of rotatable bonds is 9. The van der Waals surface area contributed by atoms with Gasteiger partial charge in [0.1, 0.15) is 5.82 Å². The monoisotopic (exact) mass is 465 g/mol. The number of hydrogen-bond donors (Lipinski definition) is 0. The summed E-state index contributed by atoms with van der Waals surface area (Å²) in [5, 5.41) is 1.32. The third-order valence-corrected chi connectivity index (χ3v) is 6.20. The maximum absolute atomic E-state index is 15.1. The molecule has 0 N–H and O–H groups in total. The lowest BCUT2D eigenvalue weighted by molar-refractivity contribution is 0.445. The number of aromatic nitrogens is 1. The third kappa shape index (κ3) is 5.64. The van der Waals surface area contributed by atoms with Crippen LogP contribution in [0, 0.1) is 23.3 Å². The lowest BCUT2D eigenvalue weighted by Gasteiger charge is -2.09. The molecule has 0 aliphatic heterocycles. The lowest BCUT2D eigenvalue weighted by atomic mass is 9.97. The Bertz CT molecular complexity index is 1260. The van der Waals surface area contributed by atoms with Gasteiger partial charge in [0, 0.05) is 17.3 Å². The summed E-state index contributed by atoms with van der Waals surface area (Å²) in [5.74, 6) is -4.29. The van der Waals surface area contributed by atoms with Gasteiger partial charge < -0.3 is 0 Å². The molecule has 0 atom stereocenters. The summed E-state index contributed by atoms with van der Waals surface area (Å²) in [6.45, 7) is 2.18.